The molecular weight excluding hydrogens is 452 g/mol. The predicted molar refractivity (Wildman–Crippen MR) is 131 cm³/mol. The van der Waals surface area contributed by atoms with Gasteiger partial charge in [0.2, 0.25) is 15.9 Å². The number of morpholine rings is 1. The lowest BCUT2D eigenvalue weighted by molar-refractivity contribution is -0.117. The summed E-state index contributed by atoms with van der Waals surface area (Å²) in [6.07, 6.45) is 1.99. The van der Waals surface area contributed by atoms with E-state index in [1.807, 2.05) is 6.07 Å². The van der Waals surface area contributed by atoms with Crippen molar-refractivity contribution in [2.75, 3.05) is 51.3 Å². The van der Waals surface area contributed by atoms with Gasteiger partial charge >= 0.3 is 0 Å². The quantitative estimate of drug-likeness (QED) is 0.563. The van der Waals surface area contributed by atoms with Crippen LogP contribution in [0.25, 0.3) is 10.9 Å². The Labute approximate surface area is 199 Å². The van der Waals surface area contributed by atoms with Gasteiger partial charge in [-0.15, -0.1) is 0 Å². The summed E-state index contributed by atoms with van der Waals surface area (Å²) in [5.74, 6) is 0.332. The van der Waals surface area contributed by atoms with E-state index < -0.39 is 10.0 Å². The molecule has 5 rings (SSSR count). The molecule has 0 unspecified atom stereocenters. The van der Waals surface area contributed by atoms with Gasteiger partial charge in [-0.3, -0.25) is 9.69 Å². The molecule has 9 heteroatoms. The Balaban J connectivity index is 1.16. The smallest absolute Gasteiger partial charge is 0.243 e. The number of amides is 1. The number of hydrogen-bond acceptors (Lipinski definition) is 5. The minimum atomic E-state index is -3.60. The van der Waals surface area contributed by atoms with Crippen LogP contribution in [-0.4, -0.2) is 74.5 Å². The molecule has 1 amide bonds. The van der Waals surface area contributed by atoms with E-state index in [1.54, 1.807) is 18.2 Å². The van der Waals surface area contributed by atoms with Gasteiger partial charge in [0.25, 0.3) is 0 Å². The van der Waals surface area contributed by atoms with Gasteiger partial charge in [0.15, 0.2) is 0 Å². The summed E-state index contributed by atoms with van der Waals surface area (Å²) in [5, 5.41) is 4.10. The molecule has 2 aliphatic heterocycles. The Morgan fingerprint density at radius 3 is 2.53 bits per heavy atom. The molecule has 0 aliphatic carbocycles. The van der Waals surface area contributed by atoms with Crippen LogP contribution in [0.4, 0.5) is 5.69 Å². The number of rotatable bonds is 6. The number of hydrogen-bond donors (Lipinski definition) is 2. The van der Waals surface area contributed by atoms with Crippen LogP contribution in [0.5, 0.6) is 0 Å². The summed E-state index contributed by atoms with van der Waals surface area (Å²) in [6, 6.07) is 17.0. The fraction of sp³-hybridized carbons (Fsp3) is 0.400. The van der Waals surface area contributed by atoms with E-state index in [-0.39, 0.29) is 10.8 Å². The minimum absolute atomic E-state index is 0.134. The zero-order chi connectivity index (χ0) is 23.5. The van der Waals surface area contributed by atoms with Crippen molar-refractivity contribution >= 4 is 32.5 Å². The van der Waals surface area contributed by atoms with Gasteiger partial charge in [-0.05, 0) is 61.6 Å². The van der Waals surface area contributed by atoms with E-state index in [0.29, 0.717) is 44.5 Å². The number of likely N-dealkylation sites (tertiary alicyclic amines) is 1. The van der Waals surface area contributed by atoms with Crippen LogP contribution < -0.4 is 5.32 Å². The molecule has 0 atom stereocenters. The second-order valence-corrected chi connectivity index (χ2v) is 10.9. The van der Waals surface area contributed by atoms with Crippen LogP contribution in [0.3, 0.4) is 0 Å². The monoisotopic (exact) mass is 482 g/mol. The second-order valence-electron chi connectivity index (χ2n) is 8.95. The topological polar surface area (TPSA) is 94.7 Å². The Morgan fingerprint density at radius 1 is 1.00 bits per heavy atom. The van der Waals surface area contributed by atoms with E-state index in [0.717, 1.165) is 31.4 Å². The number of carbonyl (C=O) groups excluding carboxylic acids is 1. The zero-order valence-corrected chi connectivity index (χ0v) is 19.9. The molecule has 2 N–H and O–H groups in total. The number of H-pyrrole nitrogens is 1. The first kappa shape index (κ1) is 23.0. The van der Waals surface area contributed by atoms with E-state index in [4.69, 9.17) is 4.74 Å². The highest BCUT2D eigenvalue weighted by atomic mass is 32.2. The Bertz CT molecular complexity index is 1230. The van der Waals surface area contributed by atoms with Crippen LogP contribution >= 0.6 is 0 Å². The Kier molecular flexibility index (Phi) is 6.69. The number of carbonyl (C=O) groups is 1. The molecule has 180 valence electrons. The standard InChI is InChI=1S/C25H30N4O4S/c30-25(26-21-5-3-6-22(17-21)34(31,32)29-12-14-33-15-13-29)18-28-10-8-19(9-11-28)24-16-20-4-1-2-7-23(20)27-24/h1-7,16-17,19,27H,8-15,18H2,(H,26,30). The van der Waals surface area contributed by atoms with Crippen LogP contribution in [0.2, 0.25) is 0 Å². The number of piperidine rings is 1. The average molecular weight is 483 g/mol. The molecule has 2 aliphatic rings. The zero-order valence-electron chi connectivity index (χ0n) is 19.1. The van der Waals surface area contributed by atoms with Crippen LogP contribution in [0.15, 0.2) is 59.5 Å². The van der Waals surface area contributed by atoms with Crippen molar-refractivity contribution in [2.24, 2.45) is 0 Å². The summed E-state index contributed by atoms with van der Waals surface area (Å²) < 4.78 is 32.5. The van der Waals surface area contributed by atoms with Gasteiger partial charge in [-0.25, -0.2) is 8.42 Å². The maximum Gasteiger partial charge on any atom is 0.243 e. The van der Waals surface area contributed by atoms with Crippen molar-refractivity contribution in [3.63, 3.8) is 0 Å². The lowest BCUT2D eigenvalue weighted by Crippen LogP contribution is -2.40. The summed E-state index contributed by atoms with van der Waals surface area (Å²) in [6.45, 7) is 3.46. The molecule has 1 aromatic heterocycles. The molecule has 0 radical (unpaired) electrons. The van der Waals surface area contributed by atoms with Crippen molar-refractivity contribution in [3.05, 3.63) is 60.3 Å². The van der Waals surface area contributed by atoms with Gasteiger partial charge < -0.3 is 15.0 Å². The van der Waals surface area contributed by atoms with Crippen molar-refractivity contribution < 1.29 is 17.9 Å². The molecule has 3 aromatic rings. The minimum Gasteiger partial charge on any atom is -0.379 e. The first-order chi connectivity index (χ1) is 16.5. The van der Waals surface area contributed by atoms with Gasteiger partial charge in [0.05, 0.1) is 24.7 Å². The highest BCUT2D eigenvalue weighted by Gasteiger charge is 2.27. The SMILES string of the molecule is O=C(CN1CCC(c2cc3ccccc3[nH]2)CC1)Nc1cccc(S(=O)(=O)N2CCOCC2)c1. The van der Waals surface area contributed by atoms with E-state index in [9.17, 15) is 13.2 Å². The Hall–Kier alpha value is -2.72. The van der Waals surface area contributed by atoms with E-state index in [2.05, 4.69) is 39.5 Å². The number of aromatic nitrogens is 1. The highest BCUT2D eigenvalue weighted by Crippen LogP contribution is 2.30. The normalized spacial score (nSPS) is 18.8. The molecule has 34 heavy (non-hydrogen) atoms. The number of nitrogens with zero attached hydrogens (tertiary/aromatic N) is 2. The lowest BCUT2D eigenvalue weighted by atomic mass is 9.93. The van der Waals surface area contributed by atoms with Crippen molar-refractivity contribution in [3.8, 4) is 0 Å². The molecule has 2 saturated heterocycles. The molecule has 8 nitrogen and oxygen atoms in total. The first-order valence-corrected chi connectivity index (χ1v) is 13.2. The number of aromatic amines is 1. The molecule has 3 heterocycles. The van der Waals surface area contributed by atoms with Gasteiger partial charge in [-0.2, -0.15) is 4.31 Å². The second kappa shape index (κ2) is 9.87. The maximum absolute atomic E-state index is 12.9. The number of anilines is 1. The van der Waals surface area contributed by atoms with Gasteiger partial charge in [0, 0.05) is 35.9 Å². The van der Waals surface area contributed by atoms with Gasteiger partial charge in [-0.1, -0.05) is 24.3 Å². The summed E-state index contributed by atoms with van der Waals surface area (Å²) in [5.41, 5.74) is 2.92. The number of fused-ring (bicyclic) bond motifs is 1. The summed E-state index contributed by atoms with van der Waals surface area (Å²) in [7, 11) is -3.60. The number of benzene rings is 2. The lowest BCUT2D eigenvalue weighted by Gasteiger charge is -2.31. The summed E-state index contributed by atoms with van der Waals surface area (Å²) >= 11 is 0. The highest BCUT2D eigenvalue weighted by molar-refractivity contribution is 7.89. The molecular formula is C25H30N4O4S. The largest absolute Gasteiger partial charge is 0.379 e. The fourth-order valence-corrected chi connectivity index (χ4v) is 6.25. The third kappa shape index (κ3) is 5.02. The first-order valence-electron chi connectivity index (χ1n) is 11.8. The van der Waals surface area contributed by atoms with Crippen molar-refractivity contribution in [1.82, 2.24) is 14.2 Å². The van der Waals surface area contributed by atoms with Crippen LogP contribution in [0.1, 0.15) is 24.5 Å². The molecule has 0 bridgehead atoms. The fourth-order valence-electron chi connectivity index (χ4n) is 4.79. The third-order valence-electron chi connectivity index (χ3n) is 6.67. The Morgan fingerprint density at radius 2 is 1.76 bits per heavy atom. The van der Waals surface area contributed by atoms with Crippen LogP contribution in [-0.2, 0) is 19.6 Å². The molecule has 2 aromatic carbocycles. The average Bonchev–Trinajstić information content (AvgIpc) is 3.29. The van der Waals surface area contributed by atoms with Crippen molar-refractivity contribution in [2.45, 2.75) is 23.7 Å². The summed E-state index contributed by atoms with van der Waals surface area (Å²) in [4.78, 5) is 18.6. The number of ether oxygens (including phenoxy) is 1. The van der Waals surface area contributed by atoms with Crippen molar-refractivity contribution in [1.29, 1.82) is 0 Å². The number of nitrogens with one attached hydrogen (secondary N) is 2. The molecule has 0 spiro atoms. The van der Waals surface area contributed by atoms with E-state index >= 15 is 0 Å². The van der Waals surface area contributed by atoms with Crippen LogP contribution in [0, 0.1) is 0 Å². The maximum atomic E-state index is 12.9. The molecule has 2 fully saturated rings. The predicted octanol–water partition coefficient (Wildman–Crippen LogP) is 3.01. The molecule has 0 saturated carbocycles. The van der Waals surface area contributed by atoms with Gasteiger partial charge in [0.1, 0.15) is 0 Å². The number of para-hydroxylation sites is 1. The van der Waals surface area contributed by atoms with E-state index in [1.165, 1.54) is 21.5 Å². The third-order valence-corrected chi connectivity index (χ3v) is 8.57. The number of sulfonamides is 1.